The van der Waals surface area contributed by atoms with E-state index in [-0.39, 0.29) is 50.6 Å². The van der Waals surface area contributed by atoms with Gasteiger partial charge in [-0.3, -0.25) is 55.4 Å². The molecule has 136 heavy (non-hydrogen) atoms. The van der Waals surface area contributed by atoms with Crippen molar-refractivity contribution in [2.75, 3.05) is 118 Å². The fraction of sp³-hybridized carbons (Fsp3) is 0.351. The number of nitrogens with one attached hydrogen (secondary N) is 7. The van der Waals surface area contributed by atoms with Crippen molar-refractivity contribution < 1.29 is 83.9 Å². The Hall–Kier alpha value is -11.9. The molecule has 2 aliphatic heterocycles. The van der Waals surface area contributed by atoms with E-state index in [0.29, 0.717) is 110 Å². The van der Waals surface area contributed by atoms with E-state index in [1.54, 1.807) is 161 Å². The molecule has 0 saturated heterocycles. The predicted octanol–water partition coefficient (Wildman–Crippen LogP) is 21.3. The second kappa shape index (κ2) is 57.2. The van der Waals surface area contributed by atoms with Crippen LogP contribution in [0, 0.1) is 20.8 Å². The van der Waals surface area contributed by atoms with Crippen LogP contribution in [0.4, 0.5) is 73.4 Å². The van der Waals surface area contributed by atoms with Gasteiger partial charge in [-0.25, -0.2) is 33.6 Å². The van der Waals surface area contributed by atoms with Crippen LogP contribution >= 0.6 is 69.6 Å². The van der Waals surface area contributed by atoms with Crippen LogP contribution in [0.25, 0.3) is 0 Å². The third-order valence-electron chi connectivity index (χ3n) is 22.0. The van der Waals surface area contributed by atoms with Gasteiger partial charge in [0.1, 0.15) is 27.9 Å². The van der Waals surface area contributed by atoms with Gasteiger partial charge < -0.3 is 42.0 Å². The molecule has 2 heterocycles. The molecular weight excluding hydrogens is 1870 g/mol. The molecule has 0 atom stereocenters. The van der Waals surface area contributed by atoms with Crippen molar-refractivity contribution in [3.63, 3.8) is 0 Å². The number of rotatable bonds is 17. The third kappa shape index (κ3) is 33.8. The lowest BCUT2D eigenvalue weighted by molar-refractivity contribution is -0.573. The molecule has 11 rings (SSSR count). The highest BCUT2D eigenvalue weighted by atomic mass is 35.5. The lowest BCUT2D eigenvalue weighted by Gasteiger charge is -2.34. The smallest absolute Gasteiger partial charge is 0.346 e. The van der Waals surface area contributed by atoms with Crippen molar-refractivity contribution in [1.29, 1.82) is 0 Å². The van der Waals surface area contributed by atoms with E-state index >= 15 is 0 Å². The minimum atomic E-state index is -0.631. The van der Waals surface area contributed by atoms with E-state index < -0.39 is 42.2 Å². The highest BCUT2D eigenvalue weighted by Crippen LogP contribution is 2.39. The van der Waals surface area contributed by atoms with Crippen LogP contribution in [0.3, 0.4) is 0 Å². The van der Waals surface area contributed by atoms with Crippen LogP contribution in [0.15, 0.2) is 212 Å². The van der Waals surface area contributed by atoms with Crippen molar-refractivity contribution in [2.24, 2.45) is 0 Å². The zero-order valence-corrected chi connectivity index (χ0v) is 85.8. The first-order valence-electron chi connectivity index (χ1n) is 43.2. The minimum Gasteiger partial charge on any atom is -0.497 e. The zero-order valence-electron chi connectivity index (χ0n) is 81.2. The van der Waals surface area contributed by atoms with Crippen molar-refractivity contribution in [3.8, 4) is 5.75 Å². The Labute approximate surface area is 828 Å². The lowest BCUT2D eigenvalue weighted by atomic mass is 9.83. The van der Waals surface area contributed by atoms with Crippen LogP contribution in [-0.4, -0.2) is 214 Å². The SMILES string of the molecule is CCCNC(=O)N(O)c1cc(C)ccc1Cl.CCCNC(=O)N(O)c1ccccc1Cl.CCNC(=O)N(O)c1cc(C)ccc1Cl.CCNC(=O)N(O)c1cccc(Cl)c1.CCNC(=O)N(O)c1ccccc1Cl.CN1C(c2ccccc2)=[N+](C)C(C)(C)C1(C)C.CNC(=O)N(O)c1cccc(C)c1.CNC(=O)N(O)c1ccccc1Cl.COc1ccc(C2=[N+](C)C(C)(C)C(C)(C)N2C)cc1. The molecule has 9 aromatic rings. The number of para-hydroxylation sites is 3. The summed E-state index contributed by atoms with van der Waals surface area (Å²) in [6.07, 6.45) is 1.61. The van der Waals surface area contributed by atoms with Crippen molar-refractivity contribution in [3.05, 3.63) is 270 Å². The Bertz CT molecular complexity index is 5430. The first-order valence-corrected chi connectivity index (χ1v) is 45.4. The molecule has 2 aliphatic rings. The summed E-state index contributed by atoms with van der Waals surface area (Å²) < 4.78 is 9.99. The number of anilines is 7. The van der Waals surface area contributed by atoms with Crippen LogP contribution in [0.5, 0.6) is 5.75 Å². The molecule has 0 aliphatic carbocycles. The van der Waals surface area contributed by atoms with Gasteiger partial charge >= 0.3 is 42.2 Å². The molecule has 0 radical (unpaired) electrons. The number of carbonyl (C=O) groups excluding carboxylic acids is 7. The molecule has 0 saturated carbocycles. The average Bonchev–Trinajstić information content (AvgIpc) is 1.58. The van der Waals surface area contributed by atoms with Crippen molar-refractivity contribution in [2.45, 2.75) is 146 Å². The van der Waals surface area contributed by atoms with Gasteiger partial charge in [-0.05, 0) is 254 Å². The maximum absolute atomic E-state index is 11.5. The zero-order chi connectivity index (χ0) is 103. The number of likely N-dealkylation sites (N-methyl/N-ethyl adjacent to an activating group) is 4. The molecule has 39 heteroatoms. The summed E-state index contributed by atoms with van der Waals surface area (Å²) in [5, 5.41) is 89.0. The number of hydrogen-bond donors (Lipinski definition) is 14. The fourth-order valence-corrected chi connectivity index (χ4v) is 13.6. The molecule has 0 bridgehead atoms. The highest BCUT2D eigenvalue weighted by Gasteiger charge is 2.58. The third-order valence-corrected chi connectivity index (χ3v) is 23.8. The summed E-state index contributed by atoms with van der Waals surface area (Å²) in [6.45, 7) is 35.5. The van der Waals surface area contributed by atoms with E-state index in [2.05, 4.69) is 182 Å². The van der Waals surface area contributed by atoms with Gasteiger partial charge in [0.25, 0.3) is 11.7 Å². The standard InChI is InChI=1S/C16H25N2O.C15H23N2.C11H15ClN2O2.2C10H13ClN2O2.2C9H11ClN2O2.C9H12N2O2.C8H9ClN2O2/c1-15(2)16(3,4)18(6)14(17(15)5)12-8-10-13(19-7)11-9-12;1-14(2)15(3,4)17(6)13(16(14)5)12-10-8-7-9-11-12;1-3-6-13-11(15)14(16)10-7-8(2)4-5-9(10)12;1-3-12-10(14)13(15)9-6-7(2)4-5-8(9)11;1-2-7-12-10(14)13(15)9-6-4-3-5-8(9)11;1-2-11-9(13)12(14)8-5-3-4-7(10)6-8;1-2-11-9(13)12(14)8-6-4-3-5-7(8)10;1-7-4-3-5-8(6-7)11(13)9(12)10-2;1-10-8(12)11(13)7-5-3-2-4-6(7)9/h8-11H,1-7H3;7-11H,1-6H3;4-5,7,16H,3,6H2,1-2H3,(H,13,15);4-6,15H,3H2,1-2H3,(H,12,14);3-6,15H,2,7H2,1H3,(H,12,14);2*3-6,14H,2H2,1H3,(H,11,13);3-6,13H,1-2H3,(H,10,12);2-5,13H,1H3,(H,10,12)/q2*+1;;;;;;;. The predicted molar refractivity (Wildman–Crippen MR) is 545 cm³/mol. The number of aryl methyl sites for hydroxylation is 3. The Balaban J connectivity index is 0.000000395. The molecule has 0 aromatic heterocycles. The van der Waals surface area contributed by atoms with E-state index in [4.69, 9.17) is 74.3 Å². The normalized spacial score (nSPS) is 12.8. The summed E-state index contributed by atoms with van der Waals surface area (Å²) in [6, 6.07) is 58.1. The fourth-order valence-electron chi connectivity index (χ4n) is 12.3. The summed E-state index contributed by atoms with van der Waals surface area (Å²) in [5.41, 5.74) is 7.88. The lowest BCUT2D eigenvalue weighted by Crippen LogP contribution is -2.53. The van der Waals surface area contributed by atoms with Gasteiger partial charge in [0.2, 0.25) is 0 Å². The number of urea groups is 7. The first-order chi connectivity index (χ1) is 63.9. The van der Waals surface area contributed by atoms with E-state index in [1.165, 1.54) is 49.0 Å². The van der Waals surface area contributed by atoms with E-state index in [1.807, 2.05) is 58.9 Å². The Morgan fingerprint density at radius 2 is 0.640 bits per heavy atom. The molecule has 9 aromatic carbocycles. The molecule has 0 unspecified atom stereocenters. The Morgan fingerprint density at radius 1 is 0.346 bits per heavy atom. The number of ether oxygens (including phenoxy) is 1. The average molecular weight is 2000 g/mol. The number of benzene rings is 9. The number of carbonyl (C=O) groups is 7. The van der Waals surface area contributed by atoms with Gasteiger partial charge in [0.05, 0.1) is 111 Å². The Kier molecular flexibility index (Phi) is 49.7. The molecule has 0 spiro atoms. The van der Waals surface area contributed by atoms with Gasteiger partial charge in [0.15, 0.2) is 0 Å². The summed E-state index contributed by atoms with van der Waals surface area (Å²) in [4.78, 5) is 83.2. The maximum atomic E-state index is 11.5. The second-order valence-electron chi connectivity index (χ2n) is 32.1. The summed E-state index contributed by atoms with van der Waals surface area (Å²) >= 11 is 34.8. The topological polar surface area (TPSA) is 390 Å². The van der Waals surface area contributed by atoms with Gasteiger partial charge in [-0.2, -0.15) is 35.4 Å². The van der Waals surface area contributed by atoms with Gasteiger partial charge in [0, 0.05) is 51.8 Å². The first kappa shape index (κ1) is 118. The van der Waals surface area contributed by atoms with Crippen LogP contribution in [0.1, 0.15) is 131 Å². The number of methoxy groups -OCH3 is 1. The minimum absolute atomic E-state index is 0.0804. The highest BCUT2D eigenvalue weighted by molar-refractivity contribution is 6.35. The quantitative estimate of drug-likeness (QED) is 0.0229. The number of nitrogens with zero attached hydrogens (tertiary/aromatic N) is 11. The van der Waals surface area contributed by atoms with Crippen molar-refractivity contribution in [1.82, 2.24) is 47.0 Å². The number of amidine groups is 2. The number of halogens is 6. The van der Waals surface area contributed by atoms with E-state index in [9.17, 15) is 70.0 Å². The summed E-state index contributed by atoms with van der Waals surface area (Å²) in [5.74, 6) is 3.46. The van der Waals surface area contributed by atoms with Crippen molar-refractivity contribution >= 4 is 163 Å². The molecule has 14 amide bonds. The van der Waals surface area contributed by atoms with Crippen LogP contribution < -0.4 is 77.4 Å². The molecule has 0 fully saturated rings. The maximum Gasteiger partial charge on any atom is 0.346 e. The van der Waals surface area contributed by atoms with Crippen LogP contribution in [0.2, 0.25) is 30.1 Å². The largest absolute Gasteiger partial charge is 0.497 e. The number of hydrogen-bond acceptors (Lipinski definition) is 17. The monoisotopic (exact) mass is 2000 g/mol. The Morgan fingerprint density at radius 3 is 0.963 bits per heavy atom. The molecule has 33 nitrogen and oxygen atoms in total. The number of hydroxylamine groups is 7. The van der Waals surface area contributed by atoms with E-state index in [0.717, 1.165) is 35.3 Å². The molecule has 740 valence electrons. The van der Waals surface area contributed by atoms with Gasteiger partial charge in [-0.1, -0.05) is 168 Å². The van der Waals surface area contributed by atoms with Crippen LogP contribution in [-0.2, 0) is 0 Å². The molecule has 14 N–H and O–H groups in total. The number of amides is 14. The van der Waals surface area contributed by atoms with Gasteiger partial charge in [-0.15, -0.1) is 0 Å². The summed E-state index contributed by atoms with van der Waals surface area (Å²) in [7, 11) is 13.3. The second-order valence-corrected chi connectivity index (χ2v) is 34.5. The molecular formula is C97H132Cl6N18O15+2.